The smallest absolute Gasteiger partial charge is 0.234 e. The first-order chi connectivity index (χ1) is 16.4. The van der Waals surface area contributed by atoms with E-state index in [1.807, 2.05) is 36.6 Å². The van der Waals surface area contributed by atoms with Gasteiger partial charge in [-0.3, -0.25) is 14.4 Å². The lowest BCUT2D eigenvalue weighted by Crippen LogP contribution is -2.14. The highest BCUT2D eigenvalue weighted by atomic mass is 32.2. The number of anilines is 3. The van der Waals surface area contributed by atoms with E-state index >= 15 is 0 Å². The van der Waals surface area contributed by atoms with Crippen LogP contribution in [0, 0.1) is 0 Å². The predicted octanol–water partition coefficient (Wildman–Crippen LogP) is 4.55. The molecule has 0 bridgehead atoms. The van der Waals surface area contributed by atoms with E-state index in [2.05, 4.69) is 20.9 Å². The summed E-state index contributed by atoms with van der Waals surface area (Å²) < 4.78 is 5.41. The fourth-order valence-corrected chi connectivity index (χ4v) is 4.48. The van der Waals surface area contributed by atoms with E-state index in [-0.39, 0.29) is 29.9 Å². The Morgan fingerprint density at radius 2 is 1.62 bits per heavy atom. The highest BCUT2D eigenvalue weighted by Gasteiger charge is 2.09. The van der Waals surface area contributed by atoms with Crippen LogP contribution >= 0.6 is 23.1 Å². The topological polar surface area (TPSA) is 109 Å². The Hall–Kier alpha value is -3.37. The number of rotatable bonds is 11. The van der Waals surface area contributed by atoms with Crippen LogP contribution < -0.4 is 20.7 Å². The Kier molecular flexibility index (Phi) is 9.48. The zero-order valence-corrected chi connectivity index (χ0v) is 20.6. The van der Waals surface area contributed by atoms with Crippen LogP contribution in [0.1, 0.15) is 25.1 Å². The number of benzene rings is 2. The van der Waals surface area contributed by atoms with Gasteiger partial charge in [0.2, 0.25) is 17.7 Å². The van der Waals surface area contributed by atoms with Crippen LogP contribution in [0.4, 0.5) is 16.5 Å². The number of nitrogens with one attached hydrogen (secondary N) is 3. The molecule has 3 aromatic rings. The van der Waals surface area contributed by atoms with Crippen LogP contribution in [0.25, 0.3) is 0 Å². The van der Waals surface area contributed by atoms with Crippen molar-refractivity contribution in [2.75, 3.05) is 28.3 Å². The molecule has 0 fully saturated rings. The largest absolute Gasteiger partial charge is 0.494 e. The zero-order chi connectivity index (χ0) is 24.3. The third kappa shape index (κ3) is 8.53. The van der Waals surface area contributed by atoms with Gasteiger partial charge in [-0.25, -0.2) is 4.98 Å². The molecule has 0 saturated carbocycles. The number of nitrogens with zero attached hydrogens (tertiary/aromatic N) is 1. The van der Waals surface area contributed by atoms with Crippen molar-refractivity contribution in [1.82, 2.24) is 4.98 Å². The summed E-state index contributed by atoms with van der Waals surface area (Å²) in [5, 5.41) is 10.7. The summed E-state index contributed by atoms with van der Waals surface area (Å²) in [5.74, 6) is 1.19. The highest BCUT2D eigenvalue weighted by Crippen LogP contribution is 2.21. The van der Waals surface area contributed by atoms with E-state index in [1.165, 1.54) is 30.0 Å². The van der Waals surface area contributed by atoms with Gasteiger partial charge < -0.3 is 20.7 Å². The molecule has 10 heteroatoms. The van der Waals surface area contributed by atoms with E-state index in [0.29, 0.717) is 28.9 Å². The second-order valence-corrected chi connectivity index (χ2v) is 9.09. The lowest BCUT2D eigenvalue weighted by Gasteiger charge is -2.06. The number of ether oxygens (including phenoxy) is 1. The van der Waals surface area contributed by atoms with Gasteiger partial charge >= 0.3 is 0 Å². The number of thioether (sulfide) groups is 1. The molecule has 3 rings (SSSR count). The Morgan fingerprint density at radius 1 is 0.941 bits per heavy atom. The third-order valence-corrected chi connectivity index (χ3v) is 6.14. The van der Waals surface area contributed by atoms with E-state index in [1.54, 1.807) is 24.3 Å². The van der Waals surface area contributed by atoms with Gasteiger partial charge in [0.1, 0.15) is 5.75 Å². The van der Waals surface area contributed by atoms with Crippen molar-refractivity contribution in [2.24, 2.45) is 0 Å². The highest BCUT2D eigenvalue weighted by molar-refractivity contribution is 7.99. The summed E-state index contributed by atoms with van der Waals surface area (Å²) in [7, 11) is 0. The molecule has 0 aliphatic carbocycles. The Balaban J connectivity index is 1.38. The monoisotopic (exact) mass is 498 g/mol. The summed E-state index contributed by atoms with van der Waals surface area (Å²) in [4.78, 5) is 39.9. The number of hydrogen-bond donors (Lipinski definition) is 3. The van der Waals surface area contributed by atoms with Crippen molar-refractivity contribution in [3.63, 3.8) is 0 Å². The molecule has 3 N–H and O–H groups in total. The quantitative estimate of drug-likeness (QED) is 0.358. The molecule has 0 spiro atoms. The summed E-state index contributed by atoms with van der Waals surface area (Å²) in [5.41, 5.74) is 3.03. The molecule has 0 radical (unpaired) electrons. The van der Waals surface area contributed by atoms with Gasteiger partial charge in [0.25, 0.3) is 0 Å². The van der Waals surface area contributed by atoms with E-state index in [0.717, 1.165) is 17.0 Å². The molecular formula is C24H26N4O4S2. The molecular weight excluding hydrogens is 472 g/mol. The zero-order valence-electron chi connectivity index (χ0n) is 18.9. The second-order valence-electron chi connectivity index (χ2n) is 7.25. The van der Waals surface area contributed by atoms with Crippen molar-refractivity contribution in [3.05, 3.63) is 65.2 Å². The van der Waals surface area contributed by atoms with E-state index in [9.17, 15) is 14.4 Å². The summed E-state index contributed by atoms with van der Waals surface area (Å²) in [6.07, 6.45) is 0.252. The van der Waals surface area contributed by atoms with Crippen molar-refractivity contribution < 1.29 is 19.1 Å². The summed E-state index contributed by atoms with van der Waals surface area (Å²) >= 11 is 2.79. The number of amides is 3. The van der Waals surface area contributed by atoms with Gasteiger partial charge in [0, 0.05) is 29.4 Å². The molecule has 3 amide bonds. The summed E-state index contributed by atoms with van der Waals surface area (Å²) in [6.45, 7) is 3.97. The third-order valence-electron chi connectivity index (χ3n) is 4.37. The first kappa shape index (κ1) is 25.3. The SMILES string of the molecule is CCOc1ccc(CC(=O)Nc2nc(CSCC(=O)Nc3ccc(NC(C)=O)cc3)cs2)cc1. The minimum Gasteiger partial charge on any atom is -0.494 e. The van der Waals surface area contributed by atoms with Gasteiger partial charge in [0.15, 0.2) is 5.13 Å². The fourth-order valence-electron chi connectivity index (χ4n) is 2.94. The van der Waals surface area contributed by atoms with Crippen LogP contribution in [0.5, 0.6) is 5.75 Å². The molecule has 0 atom stereocenters. The van der Waals surface area contributed by atoms with Gasteiger partial charge in [0.05, 0.1) is 24.5 Å². The van der Waals surface area contributed by atoms with E-state index < -0.39 is 0 Å². The number of carbonyl (C=O) groups excluding carboxylic acids is 3. The maximum Gasteiger partial charge on any atom is 0.234 e. The average Bonchev–Trinajstić information content (AvgIpc) is 3.23. The Morgan fingerprint density at radius 3 is 2.26 bits per heavy atom. The molecule has 2 aromatic carbocycles. The second kappa shape index (κ2) is 12.8. The molecule has 34 heavy (non-hydrogen) atoms. The van der Waals surface area contributed by atoms with Crippen LogP contribution in [0.15, 0.2) is 53.9 Å². The lowest BCUT2D eigenvalue weighted by atomic mass is 10.1. The van der Waals surface area contributed by atoms with Gasteiger partial charge in [-0.1, -0.05) is 12.1 Å². The number of carbonyl (C=O) groups is 3. The molecule has 0 aliphatic heterocycles. The Labute approximate surface area is 206 Å². The van der Waals surface area contributed by atoms with Crippen molar-refractivity contribution in [3.8, 4) is 5.75 Å². The predicted molar refractivity (Wildman–Crippen MR) is 138 cm³/mol. The molecule has 178 valence electrons. The summed E-state index contributed by atoms with van der Waals surface area (Å²) in [6, 6.07) is 14.4. The van der Waals surface area contributed by atoms with Gasteiger partial charge in [-0.15, -0.1) is 23.1 Å². The van der Waals surface area contributed by atoms with E-state index in [4.69, 9.17) is 4.74 Å². The Bertz CT molecular complexity index is 1110. The average molecular weight is 499 g/mol. The molecule has 8 nitrogen and oxygen atoms in total. The molecule has 0 unspecified atom stereocenters. The molecule has 1 aromatic heterocycles. The number of aromatic nitrogens is 1. The number of thiazole rings is 1. The van der Waals surface area contributed by atoms with Crippen molar-refractivity contribution in [1.29, 1.82) is 0 Å². The molecule has 0 saturated heterocycles. The van der Waals surface area contributed by atoms with Crippen molar-refractivity contribution >= 4 is 57.3 Å². The van der Waals surface area contributed by atoms with Crippen molar-refractivity contribution in [2.45, 2.75) is 26.0 Å². The minimum atomic E-state index is -0.148. The van der Waals surface area contributed by atoms with Crippen LogP contribution in [-0.2, 0) is 26.6 Å². The van der Waals surface area contributed by atoms with Gasteiger partial charge in [-0.2, -0.15) is 0 Å². The lowest BCUT2D eigenvalue weighted by molar-refractivity contribution is -0.116. The maximum absolute atomic E-state index is 12.3. The first-order valence-corrected chi connectivity index (χ1v) is 12.7. The standard InChI is InChI=1S/C24H26N4O4S2/c1-3-32-21-10-4-17(5-11-21)12-22(30)28-24-27-20(14-34-24)13-33-15-23(31)26-19-8-6-18(7-9-19)25-16(2)29/h4-11,14H,3,12-13,15H2,1-2H3,(H,25,29)(H,26,31)(H,27,28,30). The van der Waals surface area contributed by atoms with Crippen LogP contribution in [0.3, 0.4) is 0 Å². The van der Waals surface area contributed by atoms with Crippen LogP contribution in [-0.4, -0.2) is 35.1 Å². The fraction of sp³-hybridized carbons (Fsp3) is 0.250. The normalized spacial score (nSPS) is 10.4. The first-order valence-electron chi connectivity index (χ1n) is 10.6. The minimum absolute atomic E-state index is 0.128. The molecule has 0 aliphatic rings. The number of hydrogen-bond acceptors (Lipinski definition) is 7. The molecule has 1 heterocycles. The van der Waals surface area contributed by atoms with Crippen LogP contribution in [0.2, 0.25) is 0 Å². The maximum atomic E-state index is 12.3. The van der Waals surface area contributed by atoms with Gasteiger partial charge in [-0.05, 0) is 48.9 Å².